The van der Waals surface area contributed by atoms with Crippen LogP contribution in [0.25, 0.3) is 0 Å². The fourth-order valence-corrected chi connectivity index (χ4v) is 5.16. The Morgan fingerprint density at radius 1 is 1.03 bits per heavy atom. The summed E-state index contributed by atoms with van der Waals surface area (Å²) in [6, 6.07) is 23.5. The van der Waals surface area contributed by atoms with Gasteiger partial charge in [-0.05, 0) is 60.2 Å². The molecule has 1 fully saturated rings. The van der Waals surface area contributed by atoms with Crippen LogP contribution in [0.3, 0.4) is 0 Å². The Balaban J connectivity index is 1.30. The smallest absolute Gasteiger partial charge is 0.262 e. The lowest BCUT2D eigenvalue weighted by atomic mass is 9.76. The van der Waals surface area contributed by atoms with Gasteiger partial charge in [0.05, 0.1) is 5.69 Å². The van der Waals surface area contributed by atoms with Gasteiger partial charge in [-0.3, -0.25) is 9.59 Å². The highest BCUT2D eigenvalue weighted by molar-refractivity contribution is 5.99. The van der Waals surface area contributed by atoms with Gasteiger partial charge in [0.2, 0.25) is 0 Å². The van der Waals surface area contributed by atoms with Crippen molar-refractivity contribution in [1.82, 2.24) is 4.90 Å². The maximum atomic E-state index is 13.2. The third kappa shape index (κ3) is 5.20. The molecule has 7 heteroatoms. The van der Waals surface area contributed by atoms with Crippen molar-refractivity contribution in [2.45, 2.75) is 18.8 Å². The third-order valence-electron chi connectivity index (χ3n) is 6.90. The minimum absolute atomic E-state index is 0.0102. The van der Waals surface area contributed by atoms with E-state index in [1.165, 1.54) is 11.1 Å². The van der Waals surface area contributed by atoms with Crippen LogP contribution in [0.2, 0.25) is 0 Å². The van der Waals surface area contributed by atoms with Crippen LogP contribution in [0.1, 0.15) is 40.2 Å². The van der Waals surface area contributed by atoms with Crippen molar-refractivity contribution < 1.29 is 23.5 Å². The molecule has 0 bridgehead atoms. The number of hydrogen-bond acceptors (Lipinski definition) is 4. The van der Waals surface area contributed by atoms with Crippen LogP contribution in [0.5, 0.6) is 11.5 Å². The highest BCUT2D eigenvalue weighted by Gasteiger charge is 2.31. The van der Waals surface area contributed by atoms with Gasteiger partial charge in [0.25, 0.3) is 11.8 Å². The second-order valence-electron chi connectivity index (χ2n) is 9.17. The predicted molar refractivity (Wildman–Crippen MR) is 135 cm³/mol. The van der Waals surface area contributed by atoms with Gasteiger partial charge in [0, 0.05) is 24.6 Å². The van der Waals surface area contributed by atoms with Gasteiger partial charge < -0.3 is 19.7 Å². The summed E-state index contributed by atoms with van der Waals surface area (Å²) in [5.41, 5.74) is 3.51. The van der Waals surface area contributed by atoms with Crippen LogP contribution < -0.4 is 14.8 Å². The molecule has 1 N–H and O–H groups in total. The summed E-state index contributed by atoms with van der Waals surface area (Å²) in [6.07, 6.45) is 1.74. The van der Waals surface area contributed by atoms with E-state index in [9.17, 15) is 14.0 Å². The zero-order valence-corrected chi connectivity index (χ0v) is 20.0. The summed E-state index contributed by atoms with van der Waals surface area (Å²) in [6.45, 7) is 0.843. The molecule has 2 amide bonds. The van der Waals surface area contributed by atoms with Gasteiger partial charge in [-0.1, -0.05) is 42.5 Å². The molecule has 5 rings (SSSR count). The highest BCUT2D eigenvalue weighted by Crippen LogP contribution is 2.39. The Morgan fingerprint density at radius 3 is 2.47 bits per heavy atom. The van der Waals surface area contributed by atoms with Crippen molar-refractivity contribution in [1.29, 1.82) is 0 Å². The fraction of sp³-hybridized carbons (Fsp3) is 0.310. The number of amides is 2. The Bertz CT molecular complexity index is 1210. The number of hydrogen-bond donors (Lipinski definition) is 1. The number of likely N-dealkylation sites (tertiary alicyclic amines) is 1. The Morgan fingerprint density at radius 2 is 1.75 bits per heavy atom. The number of carbonyl (C=O) groups is 2. The molecule has 1 saturated heterocycles. The summed E-state index contributed by atoms with van der Waals surface area (Å²) in [5, 5.41) is 2.77. The topological polar surface area (TPSA) is 67.9 Å². The van der Waals surface area contributed by atoms with Gasteiger partial charge in [-0.15, -0.1) is 0 Å². The van der Waals surface area contributed by atoms with Gasteiger partial charge in [-0.2, -0.15) is 0 Å². The predicted octanol–water partition coefficient (Wildman–Crippen LogP) is 5.05. The molecule has 3 aromatic carbocycles. The molecule has 0 radical (unpaired) electrons. The molecular formula is C29H29FN2O4. The lowest BCUT2D eigenvalue weighted by Gasteiger charge is -2.37. The van der Waals surface area contributed by atoms with Crippen molar-refractivity contribution in [2.75, 3.05) is 38.3 Å². The maximum absolute atomic E-state index is 13.2. The molecule has 1 atom stereocenters. The number of carbonyl (C=O) groups excluding carboxylic acids is 2. The van der Waals surface area contributed by atoms with Gasteiger partial charge in [0.15, 0.2) is 6.61 Å². The molecule has 3 aromatic rings. The zero-order chi connectivity index (χ0) is 24.9. The lowest BCUT2D eigenvalue weighted by Crippen LogP contribution is -2.40. The standard InChI is InChI=1S/C29H29FN2O4/c30-14-17-35-24-9-6-21(7-10-24)28(20-4-2-1-3-5-20)22-12-15-32(16-13-22)29(34)23-8-11-26-25(18-23)31-27(33)19-36-26/h1-11,18,22,28H,12-17,19H2,(H,31,33)/t28-/m1/s1. The molecule has 2 aliphatic heterocycles. The largest absolute Gasteiger partial charge is 0.491 e. The number of alkyl halides is 1. The number of nitrogens with zero attached hydrogens (tertiary/aromatic N) is 1. The van der Waals surface area contributed by atoms with Crippen molar-refractivity contribution in [3.63, 3.8) is 0 Å². The van der Waals surface area contributed by atoms with Crippen LogP contribution in [0, 0.1) is 5.92 Å². The zero-order valence-electron chi connectivity index (χ0n) is 20.0. The van der Waals surface area contributed by atoms with E-state index in [0.717, 1.165) is 12.8 Å². The van der Waals surface area contributed by atoms with E-state index in [1.807, 2.05) is 23.1 Å². The van der Waals surface area contributed by atoms with E-state index in [1.54, 1.807) is 18.2 Å². The number of ether oxygens (including phenoxy) is 2. The van der Waals surface area contributed by atoms with E-state index < -0.39 is 6.67 Å². The van der Waals surface area contributed by atoms with Crippen LogP contribution >= 0.6 is 0 Å². The first-order valence-corrected chi connectivity index (χ1v) is 12.3. The van der Waals surface area contributed by atoms with Crippen LogP contribution in [0.15, 0.2) is 72.8 Å². The minimum Gasteiger partial charge on any atom is -0.491 e. The number of rotatable bonds is 7. The number of fused-ring (bicyclic) bond motifs is 1. The molecule has 6 nitrogen and oxygen atoms in total. The minimum atomic E-state index is -0.514. The molecule has 2 heterocycles. The monoisotopic (exact) mass is 488 g/mol. The highest BCUT2D eigenvalue weighted by atomic mass is 19.1. The summed E-state index contributed by atoms with van der Waals surface area (Å²) in [7, 11) is 0. The summed E-state index contributed by atoms with van der Waals surface area (Å²) >= 11 is 0. The molecular weight excluding hydrogens is 459 g/mol. The SMILES string of the molecule is O=C1COc2ccc(C(=O)N3CCC([C@H](c4ccccc4)c4ccc(OCCF)cc4)CC3)cc2N1. The molecule has 0 unspecified atom stereocenters. The number of piperidine rings is 1. The average Bonchev–Trinajstić information content (AvgIpc) is 2.93. The third-order valence-corrected chi connectivity index (χ3v) is 6.90. The second kappa shape index (κ2) is 10.8. The molecule has 0 saturated carbocycles. The van der Waals surface area contributed by atoms with Crippen LogP contribution in [0.4, 0.5) is 10.1 Å². The maximum Gasteiger partial charge on any atom is 0.262 e. The molecule has 0 aromatic heterocycles. The number of benzene rings is 3. The normalized spacial score (nSPS) is 16.5. The van der Waals surface area contributed by atoms with Crippen molar-refractivity contribution in [3.05, 3.63) is 89.5 Å². The fourth-order valence-electron chi connectivity index (χ4n) is 5.16. The van der Waals surface area contributed by atoms with Gasteiger partial charge in [0.1, 0.15) is 24.8 Å². The molecule has 0 spiro atoms. The van der Waals surface area contributed by atoms with Gasteiger partial charge in [-0.25, -0.2) is 4.39 Å². The molecule has 36 heavy (non-hydrogen) atoms. The summed E-state index contributed by atoms with van der Waals surface area (Å²) < 4.78 is 23.3. The molecule has 186 valence electrons. The van der Waals surface area contributed by atoms with E-state index in [2.05, 4.69) is 41.7 Å². The quantitative estimate of drug-likeness (QED) is 0.505. The first-order chi connectivity index (χ1) is 17.6. The summed E-state index contributed by atoms with van der Waals surface area (Å²) in [5.74, 6) is 1.54. The van der Waals surface area contributed by atoms with Crippen molar-refractivity contribution >= 4 is 17.5 Å². The first-order valence-electron chi connectivity index (χ1n) is 12.3. The van der Waals surface area contributed by atoms with E-state index in [0.29, 0.717) is 41.8 Å². The van der Waals surface area contributed by atoms with Crippen molar-refractivity contribution in [3.8, 4) is 11.5 Å². The Kier molecular flexibility index (Phi) is 7.16. The molecule has 2 aliphatic rings. The average molecular weight is 489 g/mol. The van der Waals surface area contributed by atoms with Gasteiger partial charge >= 0.3 is 0 Å². The van der Waals surface area contributed by atoms with E-state index >= 15 is 0 Å². The Hall–Kier alpha value is -3.87. The Labute approximate surface area is 210 Å². The first kappa shape index (κ1) is 23.9. The molecule has 0 aliphatic carbocycles. The number of nitrogens with one attached hydrogen (secondary N) is 1. The number of anilines is 1. The lowest BCUT2D eigenvalue weighted by molar-refractivity contribution is -0.118. The number of halogens is 1. The summed E-state index contributed by atoms with van der Waals surface area (Å²) in [4.78, 5) is 26.8. The van der Waals surface area contributed by atoms with Crippen molar-refractivity contribution in [2.24, 2.45) is 5.92 Å². The second-order valence-corrected chi connectivity index (χ2v) is 9.17. The van der Waals surface area contributed by atoms with Crippen LogP contribution in [-0.2, 0) is 4.79 Å². The van der Waals surface area contributed by atoms with E-state index in [-0.39, 0.29) is 30.9 Å². The van der Waals surface area contributed by atoms with Crippen LogP contribution in [-0.4, -0.2) is 49.7 Å². The van der Waals surface area contributed by atoms with E-state index in [4.69, 9.17) is 9.47 Å².